The van der Waals surface area contributed by atoms with Crippen molar-refractivity contribution in [3.63, 3.8) is 0 Å². The molecule has 0 fully saturated rings. The zero-order valence-electron chi connectivity index (χ0n) is 41.1. The van der Waals surface area contributed by atoms with Gasteiger partial charge in [-0.1, -0.05) is 264 Å². The zero-order valence-corrected chi connectivity index (χ0v) is 42.0. The second-order valence-corrected chi connectivity index (χ2v) is 20.1. The Labute approximate surface area is 384 Å². The average molecular weight is 905 g/mol. The van der Waals surface area contributed by atoms with Crippen LogP contribution in [0.1, 0.15) is 284 Å². The summed E-state index contributed by atoms with van der Waals surface area (Å²) in [4.78, 5) is 22.7. The highest BCUT2D eigenvalue weighted by molar-refractivity contribution is 7.47. The minimum Gasteiger partial charge on any atom is -0.457 e. The van der Waals surface area contributed by atoms with Gasteiger partial charge in [-0.3, -0.25) is 13.8 Å². The van der Waals surface area contributed by atoms with E-state index in [1.807, 2.05) is 0 Å². The second kappa shape index (κ2) is 49.9. The quantitative estimate of drug-likeness (QED) is 0.0310. The minimum absolute atomic E-state index is 0.0590. The monoisotopic (exact) mass is 905 g/mol. The van der Waals surface area contributed by atoms with Crippen LogP contribution >= 0.6 is 7.82 Å². The van der Waals surface area contributed by atoms with E-state index in [4.69, 9.17) is 23.6 Å². The molecule has 0 spiro atoms. The first-order valence-electron chi connectivity index (χ1n) is 27.0. The molecule has 0 amide bonds. The van der Waals surface area contributed by atoms with E-state index >= 15 is 0 Å². The van der Waals surface area contributed by atoms with Gasteiger partial charge in [-0.25, -0.2) is 4.57 Å². The first kappa shape index (κ1) is 61.5. The van der Waals surface area contributed by atoms with E-state index in [2.05, 4.69) is 13.8 Å². The third-order valence-electron chi connectivity index (χ3n) is 12.3. The van der Waals surface area contributed by atoms with Crippen LogP contribution in [0.15, 0.2) is 0 Å². The van der Waals surface area contributed by atoms with Gasteiger partial charge in [0.05, 0.1) is 26.4 Å². The van der Waals surface area contributed by atoms with Crippen molar-refractivity contribution in [2.45, 2.75) is 296 Å². The smallest absolute Gasteiger partial charge is 0.457 e. The topological polar surface area (TPSA) is 132 Å². The summed E-state index contributed by atoms with van der Waals surface area (Å²) < 4.78 is 33.6. The number of aliphatic hydroxyl groups excluding tert-OH is 2. The first-order valence-corrected chi connectivity index (χ1v) is 28.5. The molecule has 0 aromatic carbocycles. The zero-order chi connectivity index (χ0) is 45.3. The Morgan fingerprint density at radius 1 is 0.435 bits per heavy atom. The Morgan fingerprint density at radius 3 is 1.05 bits per heavy atom. The van der Waals surface area contributed by atoms with Crippen LogP contribution in [0, 0.1) is 0 Å². The van der Waals surface area contributed by atoms with Crippen LogP contribution in [-0.4, -0.2) is 66.3 Å². The molecule has 0 bridgehead atoms. The van der Waals surface area contributed by atoms with Gasteiger partial charge in [0.1, 0.15) is 12.2 Å². The van der Waals surface area contributed by atoms with Gasteiger partial charge in [0.15, 0.2) is 0 Å². The Morgan fingerprint density at radius 2 is 0.726 bits per heavy atom. The molecule has 10 heteroatoms. The standard InChI is InChI=1S/C52H105O9P/c1-3-5-7-9-11-13-15-17-19-21-23-24-25-27-29-31-33-35-37-39-41-43-45-58-48-51(49-60-62(56,57)59-47-50(54)46-53)61-52(55)44-42-40-38-36-34-32-30-28-26-22-20-18-16-14-12-10-8-6-4-2/h50-51,53-54H,3-49H2,1-2H3,(H,56,57). The van der Waals surface area contributed by atoms with Crippen LogP contribution in [0.2, 0.25) is 0 Å². The number of phosphoric ester groups is 1. The van der Waals surface area contributed by atoms with Gasteiger partial charge in [0.2, 0.25) is 0 Å². The van der Waals surface area contributed by atoms with Crippen LogP contribution in [0.4, 0.5) is 0 Å². The molecule has 0 aromatic rings. The number of ether oxygens (including phenoxy) is 2. The number of unbranched alkanes of at least 4 members (excludes halogenated alkanes) is 39. The Balaban J connectivity index is 3.98. The van der Waals surface area contributed by atoms with E-state index in [-0.39, 0.29) is 25.6 Å². The third-order valence-corrected chi connectivity index (χ3v) is 13.2. The van der Waals surface area contributed by atoms with Crippen molar-refractivity contribution in [3.05, 3.63) is 0 Å². The summed E-state index contributed by atoms with van der Waals surface area (Å²) in [5, 5.41) is 18.4. The molecule has 3 N–H and O–H groups in total. The van der Waals surface area contributed by atoms with Gasteiger partial charge in [-0.2, -0.15) is 0 Å². The van der Waals surface area contributed by atoms with Crippen LogP contribution in [0.25, 0.3) is 0 Å². The summed E-state index contributed by atoms with van der Waals surface area (Å²) in [6.45, 7) is 3.61. The molecule has 3 atom stereocenters. The van der Waals surface area contributed by atoms with E-state index in [0.29, 0.717) is 6.61 Å². The Bertz CT molecular complexity index is 938. The number of rotatable bonds is 53. The average Bonchev–Trinajstić information content (AvgIpc) is 3.26. The fraction of sp³-hybridized carbons (Fsp3) is 0.981. The van der Waals surface area contributed by atoms with Crippen LogP contribution in [0.3, 0.4) is 0 Å². The summed E-state index contributed by atoms with van der Waals surface area (Å²) in [5.41, 5.74) is 0. The van der Waals surface area contributed by atoms with Gasteiger partial charge in [0.25, 0.3) is 0 Å². The van der Waals surface area contributed by atoms with E-state index in [0.717, 1.165) is 32.1 Å². The predicted molar refractivity (Wildman–Crippen MR) is 261 cm³/mol. The van der Waals surface area contributed by atoms with Crippen molar-refractivity contribution in [2.24, 2.45) is 0 Å². The normalized spacial score (nSPS) is 13.7. The Kier molecular flexibility index (Phi) is 49.5. The molecule has 0 saturated heterocycles. The van der Waals surface area contributed by atoms with Gasteiger partial charge in [0, 0.05) is 13.0 Å². The summed E-state index contributed by atoms with van der Waals surface area (Å²) in [6, 6.07) is 0. The minimum atomic E-state index is -4.52. The van der Waals surface area contributed by atoms with Crippen molar-refractivity contribution in [3.8, 4) is 0 Å². The molecule has 0 aliphatic heterocycles. The van der Waals surface area contributed by atoms with E-state index in [9.17, 15) is 19.4 Å². The lowest BCUT2D eigenvalue weighted by atomic mass is 10.0. The lowest BCUT2D eigenvalue weighted by molar-refractivity contribution is -0.154. The molecular weight excluding hydrogens is 800 g/mol. The second-order valence-electron chi connectivity index (χ2n) is 18.6. The van der Waals surface area contributed by atoms with E-state index in [1.165, 1.54) is 231 Å². The van der Waals surface area contributed by atoms with Crippen LogP contribution in [0.5, 0.6) is 0 Å². The molecule has 3 unspecified atom stereocenters. The van der Waals surface area contributed by atoms with Crippen LogP contribution < -0.4 is 0 Å². The van der Waals surface area contributed by atoms with Gasteiger partial charge in [-0.15, -0.1) is 0 Å². The summed E-state index contributed by atoms with van der Waals surface area (Å²) in [7, 11) is -4.52. The number of phosphoric acid groups is 1. The maximum absolute atomic E-state index is 12.7. The molecule has 0 rings (SSSR count). The van der Waals surface area contributed by atoms with E-state index < -0.39 is 33.2 Å². The summed E-state index contributed by atoms with van der Waals surface area (Å²) in [5.74, 6) is -0.372. The molecule has 0 aliphatic rings. The Hall–Kier alpha value is -0.540. The highest BCUT2D eigenvalue weighted by atomic mass is 31.2. The number of carbonyl (C=O) groups is 1. The molecule has 372 valence electrons. The SMILES string of the molecule is CCCCCCCCCCCCCCCCCCCCCCCCOCC(COP(=O)(O)OCC(O)CO)OC(=O)CCCCCCCCCCCCCCCCCCCCC. The summed E-state index contributed by atoms with van der Waals surface area (Å²) in [6.07, 6.45) is 52.2. The maximum atomic E-state index is 12.7. The fourth-order valence-electron chi connectivity index (χ4n) is 8.18. The number of esters is 1. The van der Waals surface area contributed by atoms with E-state index in [1.54, 1.807) is 0 Å². The predicted octanol–water partition coefficient (Wildman–Crippen LogP) is 15.8. The number of aliphatic hydroxyl groups is 2. The highest BCUT2D eigenvalue weighted by Gasteiger charge is 2.26. The van der Waals surface area contributed by atoms with Crippen molar-refractivity contribution in [1.29, 1.82) is 0 Å². The fourth-order valence-corrected chi connectivity index (χ4v) is 8.97. The van der Waals surface area contributed by atoms with Crippen molar-refractivity contribution < 1.29 is 43.0 Å². The highest BCUT2D eigenvalue weighted by Crippen LogP contribution is 2.43. The number of hydrogen-bond acceptors (Lipinski definition) is 8. The van der Waals surface area contributed by atoms with Gasteiger partial charge in [-0.05, 0) is 12.8 Å². The lowest BCUT2D eigenvalue weighted by Gasteiger charge is -2.20. The molecule has 9 nitrogen and oxygen atoms in total. The number of hydrogen-bond donors (Lipinski definition) is 3. The lowest BCUT2D eigenvalue weighted by Crippen LogP contribution is -2.29. The summed E-state index contributed by atoms with van der Waals surface area (Å²) >= 11 is 0. The molecule has 0 aliphatic carbocycles. The van der Waals surface area contributed by atoms with Gasteiger partial charge >= 0.3 is 13.8 Å². The van der Waals surface area contributed by atoms with Crippen molar-refractivity contribution in [1.82, 2.24) is 0 Å². The number of carbonyl (C=O) groups excluding carboxylic acids is 1. The van der Waals surface area contributed by atoms with Crippen molar-refractivity contribution in [2.75, 3.05) is 33.0 Å². The molecule has 0 radical (unpaired) electrons. The molecule has 0 saturated carbocycles. The van der Waals surface area contributed by atoms with Crippen molar-refractivity contribution >= 4 is 13.8 Å². The third kappa shape index (κ3) is 48.9. The largest absolute Gasteiger partial charge is 0.472 e. The first-order chi connectivity index (χ1) is 30.3. The van der Waals surface area contributed by atoms with Crippen LogP contribution in [-0.2, 0) is 27.9 Å². The molecule has 62 heavy (non-hydrogen) atoms. The molecule has 0 aromatic heterocycles. The maximum Gasteiger partial charge on any atom is 0.472 e. The van der Waals surface area contributed by atoms with Gasteiger partial charge < -0.3 is 24.6 Å². The molecular formula is C52H105O9P. The molecule has 0 heterocycles.